The highest BCUT2D eigenvalue weighted by atomic mass is 19.4. The van der Waals surface area contributed by atoms with Gasteiger partial charge in [-0.1, -0.05) is 0 Å². The first-order chi connectivity index (χ1) is 18.0. The van der Waals surface area contributed by atoms with Crippen LogP contribution in [0.15, 0.2) is 28.3 Å². The van der Waals surface area contributed by atoms with Crippen LogP contribution in [0.4, 0.5) is 32.0 Å². The quantitative estimate of drug-likeness (QED) is 0.120. The Labute approximate surface area is 218 Å². The molecule has 2 aromatic rings. The third kappa shape index (κ3) is 5.52. The van der Waals surface area contributed by atoms with Crippen molar-refractivity contribution in [3.05, 3.63) is 52.1 Å². The third-order valence-electron chi connectivity index (χ3n) is 6.46. The zero-order valence-corrected chi connectivity index (χ0v) is 21.1. The van der Waals surface area contributed by atoms with E-state index in [9.17, 15) is 40.7 Å². The van der Waals surface area contributed by atoms with E-state index < -0.39 is 59.5 Å². The van der Waals surface area contributed by atoms with Crippen molar-refractivity contribution in [3.63, 3.8) is 0 Å². The number of rotatable bonds is 7. The molecule has 1 aliphatic carbocycles. The second-order valence-electron chi connectivity index (χ2n) is 9.12. The number of amides is 2. The van der Waals surface area contributed by atoms with Gasteiger partial charge in [0, 0.05) is 44.5 Å². The molecule has 1 aromatic heterocycles. The van der Waals surface area contributed by atoms with Gasteiger partial charge >= 0.3 is 6.18 Å². The van der Waals surface area contributed by atoms with Gasteiger partial charge in [0.05, 0.1) is 16.7 Å². The van der Waals surface area contributed by atoms with Gasteiger partial charge in [-0.15, -0.1) is 0 Å². The van der Waals surface area contributed by atoms with Crippen molar-refractivity contribution in [2.45, 2.75) is 44.3 Å². The van der Waals surface area contributed by atoms with Crippen LogP contribution < -0.4 is 16.5 Å². The number of ketones is 1. The number of aliphatic imine (C=N–C) groups is 1. The van der Waals surface area contributed by atoms with Crippen molar-refractivity contribution in [1.82, 2.24) is 9.88 Å². The first-order valence-electron chi connectivity index (χ1n) is 11.3. The van der Waals surface area contributed by atoms with E-state index in [2.05, 4.69) is 20.7 Å². The van der Waals surface area contributed by atoms with Crippen LogP contribution in [0.25, 0.3) is 0 Å². The highest BCUT2D eigenvalue weighted by molar-refractivity contribution is 6.45. The van der Waals surface area contributed by atoms with Crippen molar-refractivity contribution in [2.24, 2.45) is 23.0 Å². The van der Waals surface area contributed by atoms with Gasteiger partial charge in [0.15, 0.2) is 0 Å². The molecule has 1 fully saturated rings. The van der Waals surface area contributed by atoms with Crippen LogP contribution in [0.1, 0.15) is 50.5 Å². The summed E-state index contributed by atoms with van der Waals surface area (Å²) in [6, 6.07) is 1.89. The molecule has 210 valence electrons. The molecule has 0 saturated heterocycles. The number of anilines is 1. The molecule has 0 spiro atoms. The van der Waals surface area contributed by atoms with Gasteiger partial charge in [0.1, 0.15) is 17.2 Å². The summed E-state index contributed by atoms with van der Waals surface area (Å²) in [6.45, 7) is 2.74. The van der Waals surface area contributed by atoms with E-state index in [-0.39, 0.29) is 33.9 Å². The Morgan fingerprint density at radius 1 is 1.15 bits per heavy atom. The predicted octanol–water partition coefficient (Wildman–Crippen LogP) is 3.53. The number of aromatic nitrogens is 1. The Morgan fingerprint density at radius 2 is 1.77 bits per heavy atom. The molecule has 1 aliphatic rings. The highest BCUT2D eigenvalue weighted by Crippen LogP contribution is 2.46. The normalized spacial score (nSPS) is 16.6. The second kappa shape index (κ2) is 10.2. The van der Waals surface area contributed by atoms with Crippen molar-refractivity contribution >= 4 is 35.2 Å². The number of halogens is 6. The topological polar surface area (TPSA) is 131 Å². The smallest absolute Gasteiger partial charge is 0.343 e. The van der Waals surface area contributed by atoms with E-state index in [1.54, 1.807) is 0 Å². The summed E-state index contributed by atoms with van der Waals surface area (Å²) < 4.78 is 81.6. The van der Waals surface area contributed by atoms with Crippen LogP contribution >= 0.6 is 0 Å². The lowest BCUT2D eigenvalue weighted by atomic mass is 9.70. The van der Waals surface area contributed by atoms with Gasteiger partial charge < -0.3 is 21.0 Å². The highest BCUT2D eigenvalue weighted by Gasteiger charge is 2.60. The number of Topliss-reactive ketones (excluding diaryl/α,β-unsaturated/α-hetero) is 1. The minimum Gasteiger partial charge on any atom is -0.343 e. The van der Waals surface area contributed by atoms with Crippen LogP contribution in [-0.4, -0.2) is 52.6 Å². The number of nitrogens with zero attached hydrogens (tertiary/aromatic N) is 3. The summed E-state index contributed by atoms with van der Waals surface area (Å²) in [7, 11) is 2.71. The maximum Gasteiger partial charge on any atom is 0.419 e. The van der Waals surface area contributed by atoms with Crippen LogP contribution in [0.3, 0.4) is 0 Å². The number of hydrazone groups is 1. The number of nitrogens with two attached hydrogens (primary N) is 1. The molecule has 9 nitrogen and oxygen atoms in total. The number of hydrogen-bond donors (Lipinski definition) is 3. The SMILES string of the molecule is CN=CC(=NN)C1(NC(=O)C(=O)c2c(C)c(C(=O)Nc3ccc(F)c(C(F)(F)F)c3)n(C)c2C)CC(F)(F)C1. The van der Waals surface area contributed by atoms with Gasteiger partial charge in [-0.3, -0.25) is 19.4 Å². The zero-order valence-electron chi connectivity index (χ0n) is 21.1. The van der Waals surface area contributed by atoms with Crippen LogP contribution in [0.2, 0.25) is 0 Å². The average Bonchev–Trinajstić information content (AvgIpc) is 3.03. The molecule has 0 radical (unpaired) electrons. The first-order valence-corrected chi connectivity index (χ1v) is 11.3. The minimum absolute atomic E-state index is 0.00151. The predicted molar refractivity (Wildman–Crippen MR) is 130 cm³/mol. The number of carbonyl (C=O) groups excluding carboxylic acids is 3. The van der Waals surface area contributed by atoms with Gasteiger partial charge in [0.2, 0.25) is 0 Å². The molecule has 1 heterocycles. The van der Waals surface area contributed by atoms with E-state index in [0.717, 1.165) is 12.3 Å². The average molecular weight is 558 g/mol. The number of nitrogens with one attached hydrogen (secondary N) is 2. The molecular weight excluding hydrogens is 534 g/mol. The van der Waals surface area contributed by atoms with Gasteiger partial charge in [-0.25, -0.2) is 13.2 Å². The largest absolute Gasteiger partial charge is 0.419 e. The summed E-state index contributed by atoms with van der Waals surface area (Å²) in [5.41, 5.74) is -4.12. The van der Waals surface area contributed by atoms with Crippen LogP contribution in [-0.2, 0) is 18.0 Å². The summed E-state index contributed by atoms with van der Waals surface area (Å²) >= 11 is 0. The molecule has 1 saturated carbocycles. The Balaban J connectivity index is 1.91. The summed E-state index contributed by atoms with van der Waals surface area (Å²) in [6.07, 6.45) is -5.67. The van der Waals surface area contributed by atoms with E-state index in [1.165, 1.54) is 32.5 Å². The number of alkyl halides is 5. The van der Waals surface area contributed by atoms with Crippen molar-refractivity contribution in [1.29, 1.82) is 0 Å². The number of hydrogen-bond acceptors (Lipinski definition) is 6. The van der Waals surface area contributed by atoms with Gasteiger partial charge in [0.25, 0.3) is 23.5 Å². The third-order valence-corrected chi connectivity index (χ3v) is 6.46. The molecule has 15 heteroatoms. The van der Waals surface area contributed by atoms with E-state index in [1.807, 2.05) is 0 Å². The zero-order chi connectivity index (χ0) is 29.5. The fourth-order valence-electron chi connectivity index (χ4n) is 4.60. The summed E-state index contributed by atoms with van der Waals surface area (Å²) in [5.74, 6) is -2.74. The maximum absolute atomic E-state index is 13.8. The Kier molecular flexibility index (Phi) is 7.68. The van der Waals surface area contributed by atoms with Crippen molar-refractivity contribution < 1.29 is 40.7 Å². The molecule has 1 aromatic carbocycles. The van der Waals surface area contributed by atoms with Crippen molar-refractivity contribution in [3.8, 4) is 0 Å². The Bertz CT molecular complexity index is 1400. The van der Waals surface area contributed by atoms with Crippen LogP contribution in [0.5, 0.6) is 0 Å². The van der Waals surface area contributed by atoms with E-state index in [4.69, 9.17) is 5.84 Å². The summed E-state index contributed by atoms with van der Waals surface area (Å²) in [4.78, 5) is 42.8. The molecule has 2 amide bonds. The first kappa shape index (κ1) is 29.4. The van der Waals surface area contributed by atoms with E-state index in [0.29, 0.717) is 12.1 Å². The number of benzene rings is 1. The molecule has 0 atom stereocenters. The molecule has 0 bridgehead atoms. The fraction of sp³-hybridized carbons (Fsp3) is 0.375. The molecule has 4 N–H and O–H groups in total. The monoisotopic (exact) mass is 558 g/mol. The van der Waals surface area contributed by atoms with Crippen LogP contribution in [0, 0.1) is 19.7 Å². The molecule has 0 aliphatic heterocycles. The lowest BCUT2D eigenvalue weighted by molar-refractivity contribution is -0.140. The molecule has 39 heavy (non-hydrogen) atoms. The second-order valence-corrected chi connectivity index (χ2v) is 9.12. The fourth-order valence-corrected chi connectivity index (χ4v) is 4.60. The molecular formula is C24H24F6N6O3. The summed E-state index contributed by atoms with van der Waals surface area (Å²) in [5, 5.41) is 7.92. The lowest BCUT2D eigenvalue weighted by Gasteiger charge is -2.47. The molecule has 0 unspecified atom stereocenters. The standard InChI is InChI=1S/C24H24F6N6O3/c1-11-17(19(37)21(39)34-22(9-23(26,27)10-22)16(35-31)8-32-3)12(2)36(4)18(11)20(38)33-13-5-6-15(25)14(7-13)24(28,29)30/h5-8H,9-10,31H2,1-4H3,(H,33,38)(H,34,39). The lowest BCUT2D eigenvalue weighted by Crippen LogP contribution is -2.68. The Hall–Kier alpha value is -4.17. The van der Waals surface area contributed by atoms with Gasteiger partial charge in [-0.2, -0.15) is 18.3 Å². The maximum atomic E-state index is 13.8. The minimum atomic E-state index is -5.01. The van der Waals surface area contributed by atoms with Gasteiger partial charge in [-0.05, 0) is 37.6 Å². The van der Waals surface area contributed by atoms with Crippen molar-refractivity contribution in [2.75, 3.05) is 12.4 Å². The van der Waals surface area contributed by atoms with E-state index >= 15 is 0 Å². The Morgan fingerprint density at radius 3 is 2.28 bits per heavy atom. The molecule has 3 rings (SSSR count). The number of carbonyl (C=O) groups is 3.